The maximum absolute atomic E-state index is 13.3. The van der Waals surface area contributed by atoms with E-state index in [1.165, 1.54) is 0 Å². The van der Waals surface area contributed by atoms with Crippen molar-refractivity contribution in [2.45, 2.75) is 51.1 Å². The monoisotopic (exact) mass is 335 g/mol. The van der Waals surface area contributed by atoms with E-state index >= 15 is 0 Å². The first-order valence-corrected chi connectivity index (χ1v) is 10.1. The summed E-state index contributed by atoms with van der Waals surface area (Å²) in [6.45, 7) is 4.31. The lowest BCUT2D eigenvalue weighted by Crippen LogP contribution is -2.55. The average molecular weight is 335 g/mol. The Labute approximate surface area is 139 Å². The quantitative estimate of drug-likeness (QED) is 0.834. The molecular formula is C17H25N3O2S. The van der Waals surface area contributed by atoms with Gasteiger partial charge in [0.25, 0.3) is 0 Å². The van der Waals surface area contributed by atoms with E-state index in [9.17, 15) is 8.42 Å². The lowest BCUT2D eigenvalue weighted by molar-refractivity contribution is 0.267. The summed E-state index contributed by atoms with van der Waals surface area (Å²) in [6, 6.07) is 8.39. The molecule has 0 saturated carbocycles. The fraction of sp³-hybridized carbons (Fsp3) is 0.647. The lowest BCUT2D eigenvalue weighted by Gasteiger charge is -2.44. The fourth-order valence-corrected chi connectivity index (χ4v) is 6.25. The molecule has 23 heavy (non-hydrogen) atoms. The van der Waals surface area contributed by atoms with Crippen LogP contribution in [0.15, 0.2) is 24.3 Å². The maximum atomic E-state index is 13.3. The van der Waals surface area contributed by atoms with Crippen molar-refractivity contribution in [1.29, 1.82) is 0 Å². The lowest BCUT2D eigenvalue weighted by atomic mass is 10.1. The molecule has 0 radical (unpaired) electrons. The number of benzene rings is 1. The third kappa shape index (κ3) is 2.43. The summed E-state index contributed by atoms with van der Waals surface area (Å²) >= 11 is 0. The molecule has 6 heteroatoms. The van der Waals surface area contributed by atoms with Gasteiger partial charge in [-0.2, -0.15) is 12.7 Å². The first-order chi connectivity index (χ1) is 11.1. The first-order valence-electron chi connectivity index (χ1n) is 8.74. The Morgan fingerprint density at radius 3 is 2.57 bits per heavy atom. The highest BCUT2D eigenvalue weighted by Gasteiger charge is 2.42. The van der Waals surface area contributed by atoms with Gasteiger partial charge in [-0.05, 0) is 44.7 Å². The molecule has 0 amide bonds. The molecule has 5 nitrogen and oxygen atoms in total. The molecule has 1 aromatic rings. The minimum absolute atomic E-state index is 0.0996. The summed E-state index contributed by atoms with van der Waals surface area (Å²) in [5, 5.41) is 0. The van der Waals surface area contributed by atoms with Crippen molar-refractivity contribution in [3.05, 3.63) is 24.3 Å². The van der Waals surface area contributed by atoms with E-state index < -0.39 is 10.2 Å². The van der Waals surface area contributed by atoms with Crippen LogP contribution < -0.4 is 9.21 Å². The van der Waals surface area contributed by atoms with Gasteiger partial charge >= 0.3 is 10.2 Å². The van der Waals surface area contributed by atoms with Crippen molar-refractivity contribution >= 4 is 21.6 Å². The van der Waals surface area contributed by atoms with Gasteiger partial charge in [0.15, 0.2) is 0 Å². The van der Waals surface area contributed by atoms with E-state index in [0.29, 0.717) is 19.1 Å². The number of nitrogens with zero attached hydrogens (tertiary/aromatic N) is 3. The van der Waals surface area contributed by atoms with E-state index in [0.717, 1.165) is 50.0 Å². The number of fused-ring (bicyclic) bond motifs is 3. The van der Waals surface area contributed by atoms with Crippen LogP contribution in [0.1, 0.15) is 39.0 Å². The van der Waals surface area contributed by atoms with Crippen LogP contribution in [0.5, 0.6) is 0 Å². The van der Waals surface area contributed by atoms with Crippen LogP contribution in [-0.2, 0) is 10.2 Å². The molecule has 0 bridgehead atoms. The highest BCUT2D eigenvalue weighted by atomic mass is 32.2. The number of hydrogen-bond acceptors (Lipinski definition) is 3. The van der Waals surface area contributed by atoms with Crippen molar-refractivity contribution in [3.8, 4) is 0 Å². The Bertz CT molecular complexity index is 691. The van der Waals surface area contributed by atoms with Crippen LogP contribution >= 0.6 is 0 Å². The van der Waals surface area contributed by atoms with Gasteiger partial charge in [-0.1, -0.05) is 18.6 Å². The Balaban J connectivity index is 1.75. The molecule has 2 atom stereocenters. The Kier molecular flexibility index (Phi) is 3.76. The standard InChI is InChI=1S/C17H25N3O2S/c1-14-7-4-5-12-19(14)23(21,22)20-13-15-8-6-11-18(15)16-9-2-3-10-17(16)20/h2-3,9-10,14-15H,4-8,11-13H2,1H3/t14-,15+/m0/s1. The Hall–Kier alpha value is -1.27. The van der Waals surface area contributed by atoms with Crippen molar-refractivity contribution in [2.24, 2.45) is 0 Å². The van der Waals surface area contributed by atoms with Gasteiger partial charge in [0.1, 0.15) is 0 Å². The number of anilines is 2. The highest BCUT2D eigenvalue weighted by molar-refractivity contribution is 7.90. The normalized spacial score (nSPS) is 28.6. The summed E-state index contributed by atoms with van der Waals surface area (Å²) < 4.78 is 30.1. The number of piperidine rings is 1. The average Bonchev–Trinajstić information content (AvgIpc) is 3.03. The van der Waals surface area contributed by atoms with Crippen LogP contribution in [-0.4, -0.2) is 44.4 Å². The molecule has 1 aromatic carbocycles. The number of rotatable bonds is 2. The minimum atomic E-state index is -3.45. The van der Waals surface area contributed by atoms with Gasteiger partial charge < -0.3 is 4.90 Å². The third-order valence-electron chi connectivity index (χ3n) is 5.53. The smallest absolute Gasteiger partial charge is 0.304 e. The predicted octanol–water partition coefficient (Wildman–Crippen LogP) is 2.59. The van der Waals surface area contributed by atoms with E-state index in [2.05, 4.69) is 11.0 Å². The molecule has 3 aliphatic heterocycles. The second kappa shape index (κ2) is 5.67. The minimum Gasteiger partial charge on any atom is -0.365 e. The summed E-state index contributed by atoms with van der Waals surface area (Å²) in [7, 11) is -3.45. The van der Waals surface area contributed by atoms with Gasteiger partial charge in [-0.25, -0.2) is 0 Å². The molecule has 0 aliphatic carbocycles. The molecule has 2 saturated heterocycles. The van der Waals surface area contributed by atoms with Crippen molar-refractivity contribution in [3.63, 3.8) is 0 Å². The maximum Gasteiger partial charge on any atom is 0.304 e. The molecular weight excluding hydrogens is 310 g/mol. The van der Waals surface area contributed by atoms with Crippen molar-refractivity contribution in [1.82, 2.24) is 4.31 Å². The van der Waals surface area contributed by atoms with E-state index in [-0.39, 0.29) is 6.04 Å². The fourth-order valence-electron chi connectivity index (χ4n) is 4.31. The van der Waals surface area contributed by atoms with Gasteiger partial charge in [-0.15, -0.1) is 0 Å². The summed E-state index contributed by atoms with van der Waals surface area (Å²) in [6.07, 6.45) is 5.28. The summed E-state index contributed by atoms with van der Waals surface area (Å²) in [5.74, 6) is 0. The molecule has 3 aliphatic rings. The zero-order valence-corrected chi connectivity index (χ0v) is 14.5. The molecule has 3 heterocycles. The number of para-hydroxylation sites is 2. The topological polar surface area (TPSA) is 43.9 Å². The molecule has 2 fully saturated rings. The highest BCUT2D eigenvalue weighted by Crippen LogP contribution is 2.41. The largest absolute Gasteiger partial charge is 0.365 e. The van der Waals surface area contributed by atoms with Gasteiger partial charge in [0.05, 0.1) is 17.9 Å². The molecule has 0 N–H and O–H groups in total. The van der Waals surface area contributed by atoms with Gasteiger partial charge in [0.2, 0.25) is 0 Å². The van der Waals surface area contributed by atoms with Gasteiger partial charge in [0, 0.05) is 25.2 Å². The van der Waals surface area contributed by atoms with Crippen LogP contribution in [0.25, 0.3) is 0 Å². The molecule has 4 rings (SSSR count). The second-order valence-corrected chi connectivity index (χ2v) is 8.78. The van der Waals surface area contributed by atoms with Gasteiger partial charge in [-0.3, -0.25) is 4.31 Å². The SMILES string of the molecule is C[C@H]1CCCCN1S(=O)(=O)N1C[C@H]2CCCN2c2ccccc21. The zero-order chi connectivity index (χ0) is 16.0. The molecule has 0 aromatic heterocycles. The van der Waals surface area contributed by atoms with Crippen molar-refractivity contribution < 1.29 is 8.42 Å². The predicted molar refractivity (Wildman–Crippen MR) is 93.1 cm³/mol. The van der Waals surface area contributed by atoms with E-state index in [1.807, 2.05) is 25.1 Å². The Morgan fingerprint density at radius 2 is 1.78 bits per heavy atom. The van der Waals surface area contributed by atoms with Crippen LogP contribution in [0, 0.1) is 0 Å². The van der Waals surface area contributed by atoms with Crippen LogP contribution in [0.2, 0.25) is 0 Å². The molecule has 0 unspecified atom stereocenters. The zero-order valence-electron chi connectivity index (χ0n) is 13.7. The van der Waals surface area contributed by atoms with E-state index in [4.69, 9.17) is 0 Å². The summed E-state index contributed by atoms with van der Waals surface area (Å²) in [5.41, 5.74) is 1.93. The summed E-state index contributed by atoms with van der Waals surface area (Å²) in [4.78, 5) is 2.39. The second-order valence-electron chi connectivity index (χ2n) is 6.97. The molecule has 0 spiro atoms. The third-order valence-corrected chi connectivity index (χ3v) is 7.57. The van der Waals surface area contributed by atoms with Crippen LogP contribution in [0.3, 0.4) is 0 Å². The van der Waals surface area contributed by atoms with Crippen LogP contribution in [0.4, 0.5) is 11.4 Å². The molecule has 126 valence electrons. The van der Waals surface area contributed by atoms with E-state index in [1.54, 1.807) is 8.61 Å². The first kappa shape index (κ1) is 15.3. The Morgan fingerprint density at radius 1 is 1.00 bits per heavy atom. The van der Waals surface area contributed by atoms with Crippen molar-refractivity contribution in [2.75, 3.05) is 28.8 Å². The number of hydrogen-bond donors (Lipinski definition) is 0.